The lowest BCUT2D eigenvalue weighted by molar-refractivity contribution is 0.343. The Labute approximate surface area is 137 Å². The average molecular weight is 303 g/mol. The van der Waals surface area contributed by atoms with Gasteiger partial charge in [-0.05, 0) is 24.0 Å². The van der Waals surface area contributed by atoms with Crippen LogP contribution in [0.2, 0.25) is 0 Å². The van der Waals surface area contributed by atoms with E-state index in [0.717, 1.165) is 6.42 Å². The van der Waals surface area contributed by atoms with E-state index in [1.54, 1.807) is 0 Å². The lowest BCUT2D eigenvalue weighted by atomic mass is 10.00. The molecular weight excluding hydrogens is 268 g/mol. The number of rotatable bonds is 13. The number of aliphatic hydroxyl groups is 1. The molecule has 1 rings (SSSR count). The smallest absolute Gasteiger partial charge is 0.0615 e. The lowest BCUT2D eigenvalue weighted by Crippen LogP contribution is -1.90. The van der Waals surface area contributed by atoms with E-state index in [2.05, 4.69) is 31.2 Å². The molecule has 0 unspecified atom stereocenters. The van der Waals surface area contributed by atoms with Gasteiger partial charge in [-0.1, -0.05) is 101 Å². The van der Waals surface area contributed by atoms with Crippen LogP contribution in [0.4, 0.5) is 0 Å². The average Bonchev–Trinajstić information content (AvgIpc) is 2.55. The minimum absolute atomic E-state index is 0.118. The van der Waals surface area contributed by atoms with Gasteiger partial charge in [0.15, 0.2) is 0 Å². The third-order valence-corrected chi connectivity index (χ3v) is 4.26. The third-order valence-electron chi connectivity index (χ3n) is 4.26. The molecule has 0 aliphatic carbocycles. The number of hydrogen-bond acceptors (Lipinski definition) is 1. The van der Waals surface area contributed by atoms with E-state index in [1.807, 2.05) is 12.2 Å². The highest BCUT2D eigenvalue weighted by Gasteiger charge is 1.99. The summed E-state index contributed by atoms with van der Waals surface area (Å²) >= 11 is 0. The fraction of sp³-hybridized carbons (Fsp3) is 0.619. The Morgan fingerprint density at radius 3 is 2.05 bits per heavy atom. The number of benzene rings is 1. The highest BCUT2D eigenvalue weighted by atomic mass is 16.2. The van der Waals surface area contributed by atoms with Crippen molar-refractivity contribution in [1.82, 2.24) is 0 Å². The van der Waals surface area contributed by atoms with Crippen molar-refractivity contribution in [3.05, 3.63) is 41.5 Å². The second kappa shape index (κ2) is 13.6. The van der Waals surface area contributed by atoms with E-state index in [-0.39, 0.29) is 6.61 Å². The molecule has 0 fully saturated rings. The zero-order chi connectivity index (χ0) is 15.9. The molecule has 22 heavy (non-hydrogen) atoms. The van der Waals surface area contributed by atoms with E-state index in [0.29, 0.717) is 0 Å². The van der Waals surface area contributed by atoms with E-state index >= 15 is 0 Å². The minimum Gasteiger partial charge on any atom is -0.392 e. The molecule has 0 aliphatic heterocycles. The Hall–Kier alpha value is -1.08. The molecule has 1 aromatic rings. The maximum Gasteiger partial charge on any atom is 0.0615 e. The van der Waals surface area contributed by atoms with Crippen LogP contribution in [0.1, 0.15) is 82.3 Å². The van der Waals surface area contributed by atoms with Gasteiger partial charge in [-0.15, -0.1) is 0 Å². The monoisotopic (exact) mass is 302 g/mol. The van der Waals surface area contributed by atoms with E-state index < -0.39 is 0 Å². The molecule has 1 N–H and O–H groups in total. The molecule has 1 aromatic carbocycles. The van der Waals surface area contributed by atoms with Crippen molar-refractivity contribution in [2.75, 3.05) is 6.61 Å². The second-order valence-electron chi connectivity index (χ2n) is 6.22. The summed E-state index contributed by atoms with van der Waals surface area (Å²) in [5.41, 5.74) is 2.67. The van der Waals surface area contributed by atoms with E-state index in [9.17, 15) is 0 Å². The van der Waals surface area contributed by atoms with Crippen molar-refractivity contribution in [3.8, 4) is 0 Å². The lowest BCUT2D eigenvalue weighted by Gasteiger charge is -2.06. The predicted molar refractivity (Wildman–Crippen MR) is 98.1 cm³/mol. The topological polar surface area (TPSA) is 20.2 Å². The molecule has 1 nitrogen and oxygen atoms in total. The van der Waals surface area contributed by atoms with Gasteiger partial charge in [0, 0.05) is 0 Å². The molecule has 0 aliphatic rings. The van der Waals surface area contributed by atoms with Crippen LogP contribution >= 0.6 is 0 Å². The van der Waals surface area contributed by atoms with Gasteiger partial charge in [0.25, 0.3) is 0 Å². The molecule has 0 saturated heterocycles. The largest absolute Gasteiger partial charge is 0.392 e. The summed E-state index contributed by atoms with van der Waals surface area (Å²) in [6.07, 6.45) is 18.8. The van der Waals surface area contributed by atoms with Crippen molar-refractivity contribution >= 4 is 6.08 Å². The summed E-state index contributed by atoms with van der Waals surface area (Å²) in [6.45, 7) is 2.39. The summed E-state index contributed by atoms with van der Waals surface area (Å²) in [4.78, 5) is 0. The number of aryl methyl sites for hydroxylation is 1. The molecule has 0 saturated carbocycles. The SMILES string of the molecule is CCCCCCCCCCCCc1ccccc1C=CCO. The van der Waals surface area contributed by atoms with Gasteiger partial charge >= 0.3 is 0 Å². The molecule has 0 heterocycles. The first-order valence-electron chi connectivity index (χ1n) is 9.23. The van der Waals surface area contributed by atoms with Gasteiger partial charge < -0.3 is 5.11 Å². The van der Waals surface area contributed by atoms with Gasteiger partial charge in [0.2, 0.25) is 0 Å². The van der Waals surface area contributed by atoms with Crippen molar-refractivity contribution in [2.24, 2.45) is 0 Å². The van der Waals surface area contributed by atoms with Crippen molar-refractivity contribution in [1.29, 1.82) is 0 Å². The van der Waals surface area contributed by atoms with Crippen LogP contribution < -0.4 is 0 Å². The number of hydrogen-bond donors (Lipinski definition) is 1. The Morgan fingerprint density at radius 1 is 0.818 bits per heavy atom. The summed E-state index contributed by atoms with van der Waals surface area (Å²) in [7, 11) is 0. The first-order valence-corrected chi connectivity index (χ1v) is 9.23. The first kappa shape index (κ1) is 19.0. The fourth-order valence-corrected chi connectivity index (χ4v) is 2.91. The second-order valence-corrected chi connectivity index (χ2v) is 6.22. The van der Waals surface area contributed by atoms with Gasteiger partial charge in [0.1, 0.15) is 0 Å². The van der Waals surface area contributed by atoms with Crippen LogP contribution in [0.5, 0.6) is 0 Å². The molecule has 0 amide bonds. The molecule has 1 heteroatoms. The molecule has 124 valence electrons. The molecule has 0 aromatic heterocycles. The molecule has 0 bridgehead atoms. The van der Waals surface area contributed by atoms with Gasteiger partial charge in [-0.2, -0.15) is 0 Å². The van der Waals surface area contributed by atoms with E-state index in [1.165, 1.54) is 75.3 Å². The summed E-state index contributed by atoms with van der Waals surface area (Å²) < 4.78 is 0. The molecule has 0 radical (unpaired) electrons. The quantitative estimate of drug-likeness (QED) is 0.433. The Kier molecular flexibility index (Phi) is 11.7. The Balaban J connectivity index is 2.08. The van der Waals surface area contributed by atoms with Crippen molar-refractivity contribution in [2.45, 2.75) is 77.6 Å². The van der Waals surface area contributed by atoms with Gasteiger partial charge in [-0.25, -0.2) is 0 Å². The standard InChI is InChI=1S/C21H34O/c1-2-3-4-5-6-7-8-9-10-11-15-20-16-12-13-17-21(20)18-14-19-22/h12-14,16-18,22H,2-11,15,19H2,1H3. The van der Waals surface area contributed by atoms with Crippen LogP contribution in [0.15, 0.2) is 30.3 Å². The van der Waals surface area contributed by atoms with Crippen LogP contribution in [0, 0.1) is 0 Å². The Bertz CT molecular complexity index is 395. The van der Waals surface area contributed by atoms with Crippen molar-refractivity contribution in [3.63, 3.8) is 0 Å². The minimum atomic E-state index is 0.118. The normalized spacial score (nSPS) is 11.4. The molecule has 0 spiro atoms. The summed E-state index contributed by atoms with van der Waals surface area (Å²) in [6, 6.07) is 8.53. The summed E-state index contributed by atoms with van der Waals surface area (Å²) in [5, 5.41) is 8.90. The number of unbranched alkanes of at least 4 members (excludes halogenated alkanes) is 9. The first-order chi connectivity index (χ1) is 10.9. The maximum absolute atomic E-state index is 8.90. The molecular formula is C21H34O. The number of aliphatic hydroxyl groups excluding tert-OH is 1. The van der Waals surface area contributed by atoms with Crippen LogP contribution in [-0.2, 0) is 6.42 Å². The van der Waals surface area contributed by atoms with Gasteiger partial charge in [-0.3, -0.25) is 0 Å². The summed E-state index contributed by atoms with van der Waals surface area (Å²) in [5.74, 6) is 0. The van der Waals surface area contributed by atoms with E-state index in [4.69, 9.17) is 5.11 Å². The van der Waals surface area contributed by atoms with Crippen LogP contribution in [0.3, 0.4) is 0 Å². The van der Waals surface area contributed by atoms with Gasteiger partial charge in [0.05, 0.1) is 6.61 Å². The zero-order valence-corrected chi connectivity index (χ0v) is 14.4. The predicted octanol–water partition coefficient (Wildman–Crippen LogP) is 6.16. The maximum atomic E-state index is 8.90. The zero-order valence-electron chi connectivity index (χ0n) is 14.4. The third kappa shape index (κ3) is 9.04. The fourth-order valence-electron chi connectivity index (χ4n) is 2.91. The van der Waals surface area contributed by atoms with Crippen LogP contribution in [0.25, 0.3) is 6.08 Å². The molecule has 0 atom stereocenters. The van der Waals surface area contributed by atoms with Crippen LogP contribution in [-0.4, -0.2) is 11.7 Å². The highest BCUT2D eigenvalue weighted by molar-refractivity contribution is 5.53. The Morgan fingerprint density at radius 2 is 1.41 bits per heavy atom. The highest BCUT2D eigenvalue weighted by Crippen LogP contribution is 2.16. The van der Waals surface area contributed by atoms with Crippen molar-refractivity contribution < 1.29 is 5.11 Å².